The van der Waals surface area contributed by atoms with Gasteiger partial charge < -0.3 is 0 Å². The average molecular weight is 165 g/mol. The van der Waals surface area contributed by atoms with Crippen molar-refractivity contribution in [1.82, 2.24) is 4.98 Å². The molecule has 11 heavy (non-hydrogen) atoms. The summed E-state index contributed by atoms with van der Waals surface area (Å²) in [4.78, 5) is 15.0. The Morgan fingerprint density at radius 1 is 1.45 bits per heavy atom. The van der Waals surface area contributed by atoms with Crippen LogP contribution < -0.4 is 0 Å². The van der Waals surface area contributed by atoms with Crippen molar-refractivity contribution in [3.63, 3.8) is 0 Å². The van der Waals surface area contributed by atoms with Gasteiger partial charge >= 0.3 is 0 Å². The molecule has 0 N–H and O–H groups in total. The maximum atomic E-state index is 10.8. The van der Waals surface area contributed by atoms with Crippen molar-refractivity contribution in [2.24, 2.45) is 0 Å². The van der Waals surface area contributed by atoms with Crippen LogP contribution in [0.1, 0.15) is 17.8 Å². The van der Waals surface area contributed by atoms with E-state index in [-0.39, 0.29) is 5.78 Å². The Morgan fingerprint density at radius 3 is 2.91 bits per heavy atom. The highest BCUT2D eigenvalue weighted by Gasteiger charge is 2.14. The van der Waals surface area contributed by atoms with Gasteiger partial charge in [-0.1, -0.05) is 0 Å². The minimum atomic E-state index is 0.232. The number of thiazole rings is 1. The summed E-state index contributed by atoms with van der Waals surface area (Å²) in [6.45, 7) is 0. The fraction of sp³-hybridized carbons (Fsp3) is 0.250. The lowest BCUT2D eigenvalue weighted by Crippen LogP contribution is -1.80. The second kappa shape index (κ2) is 2.58. The second-order valence-electron chi connectivity index (χ2n) is 2.47. The molecule has 2 nitrogen and oxygen atoms in total. The Hall–Kier alpha value is -0.960. The molecule has 0 unspecified atom stereocenters. The summed E-state index contributed by atoms with van der Waals surface area (Å²) in [7, 11) is 0. The van der Waals surface area contributed by atoms with E-state index in [0.29, 0.717) is 6.42 Å². The number of ketones is 1. The van der Waals surface area contributed by atoms with Gasteiger partial charge in [0.2, 0.25) is 0 Å². The van der Waals surface area contributed by atoms with Gasteiger partial charge in [0.25, 0.3) is 0 Å². The highest BCUT2D eigenvalue weighted by molar-refractivity contribution is 7.10. The number of hydrogen-bond donors (Lipinski definition) is 0. The molecule has 0 spiro atoms. The zero-order valence-corrected chi connectivity index (χ0v) is 6.73. The summed E-state index contributed by atoms with van der Waals surface area (Å²) in [6, 6.07) is 0. The van der Waals surface area contributed by atoms with Gasteiger partial charge in [0.1, 0.15) is 5.01 Å². The lowest BCUT2D eigenvalue weighted by Gasteiger charge is -1.90. The zero-order chi connectivity index (χ0) is 7.68. The van der Waals surface area contributed by atoms with Crippen molar-refractivity contribution >= 4 is 22.7 Å². The molecular formula is C8H7NOS. The first-order chi connectivity index (χ1) is 5.36. The molecule has 1 aliphatic rings. The molecule has 0 atom stereocenters. The molecule has 2 rings (SSSR count). The molecular weight excluding hydrogens is 158 g/mol. The SMILES string of the molecule is O=C1C=C(c2nccs2)CC1. The lowest BCUT2D eigenvalue weighted by atomic mass is 10.2. The predicted octanol–water partition coefficient (Wildman–Crippen LogP) is 1.89. The van der Waals surface area contributed by atoms with Gasteiger partial charge in [0.15, 0.2) is 5.78 Å². The van der Waals surface area contributed by atoms with Crippen molar-refractivity contribution in [3.8, 4) is 0 Å². The zero-order valence-electron chi connectivity index (χ0n) is 5.91. The Kier molecular flexibility index (Phi) is 1.58. The van der Waals surface area contributed by atoms with Gasteiger partial charge in [-0.3, -0.25) is 4.79 Å². The van der Waals surface area contributed by atoms with Crippen LogP contribution in [0.2, 0.25) is 0 Å². The van der Waals surface area contributed by atoms with Gasteiger partial charge in [-0.25, -0.2) is 4.98 Å². The molecule has 56 valence electrons. The molecule has 1 aromatic heterocycles. The Morgan fingerprint density at radius 2 is 2.36 bits per heavy atom. The van der Waals surface area contributed by atoms with Gasteiger partial charge in [0.05, 0.1) is 0 Å². The Bertz CT molecular complexity index is 300. The van der Waals surface area contributed by atoms with Crippen molar-refractivity contribution in [2.75, 3.05) is 0 Å². The van der Waals surface area contributed by atoms with E-state index < -0.39 is 0 Å². The summed E-state index contributed by atoms with van der Waals surface area (Å²) in [5.74, 6) is 0.232. The maximum absolute atomic E-state index is 10.8. The van der Waals surface area contributed by atoms with Crippen LogP contribution in [0.15, 0.2) is 17.7 Å². The Labute approximate surface area is 68.6 Å². The van der Waals surface area contributed by atoms with Crippen molar-refractivity contribution in [1.29, 1.82) is 0 Å². The van der Waals surface area contributed by atoms with Crippen molar-refractivity contribution < 1.29 is 4.79 Å². The monoisotopic (exact) mass is 165 g/mol. The molecule has 1 aliphatic carbocycles. The first kappa shape index (κ1) is 6.73. The third-order valence-corrected chi connectivity index (χ3v) is 2.53. The lowest BCUT2D eigenvalue weighted by molar-refractivity contribution is -0.114. The van der Waals surface area contributed by atoms with Crippen LogP contribution >= 0.6 is 11.3 Å². The molecule has 0 saturated carbocycles. The van der Waals surface area contributed by atoms with E-state index in [0.717, 1.165) is 17.0 Å². The molecule has 0 bridgehead atoms. The van der Waals surface area contributed by atoms with Gasteiger partial charge in [-0.05, 0) is 18.1 Å². The number of carbonyl (C=O) groups is 1. The highest BCUT2D eigenvalue weighted by atomic mass is 32.1. The van der Waals surface area contributed by atoms with Crippen molar-refractivity contribution in [2.45, 2.75) is 12.8 Å². The molecule has 1 aromatic rings. The van der Waals surface area contributed by atoms with Crippen LogP contribution in [-0.2, 0) is 4.79 Å². The maximum Gasteiger partial charge on any atom is 0.156 e. The summed E-state index contributed by atoms with van der Waals surface area (Å²) in [5.41, 5.74) is 1.10. The van der Waals surface area contributed by atoms with E-state index in [1.807, 2.05) is 5.38 Å². The number of carbonyl (C=O) groups excluding carboxylic acids is 1. The van der Waals surface area contributed by atoms with E-state index in [2.05, 4.69) is 4.98 Å². The second-order valence-corrected chi connectivity index (χ2v) is 3.37. The minimum Gasteiger partial charge on any atom is -0.295 e. The molecule has 0 aliphatic heterocycles. The summed E-state index contributed by atoms with van der Waals surface area (Å²) < 4.78 is 0. The van der Waals surface area contributed by atoms with Crippen LogP contribution in [0.4, 0.5) is 0 Å². The normalized spacial score (nSPS) is 17.1. The van der Waals surface area contributed by atoms with E-state index >= 15 is 0 Å². The van der Waals surface area contributed by atoms with Crippen LogP contribution in [0.3, 0.4) is 0 Å². The van der Waals surface area contributed by atoms with Gasteiger partial charge in [-0.2, -0.15) is 0 Å². The largest absolute Gasteiger partial charge is 0.295 e. The Balaban J connectivity index is 2.31. The predicted molar refractivity (Wildman–Crippen MR) is 44.3 cm³/mol. The number of nitrogens with zero attached hydrogens (tertiary/aromatic N) is 1. The summed E-state index contributed by atoms with van der Waals surface area (Å²) in [5, 5.41) is 2.93. The molecule has 3 heteroatoms. The highest BCUT2D eigenvalue weighted by Crippen LogP contribution is 2.26. The average Bonchev–Trinajstić information content (AvgIpc) is 2.55. The smallest absolute Gasteiger partial charge is 0.156 e. The fourth-order valence-electron chi connectivity index (χ4n) is 1.15. The summed E-state index contributed by atoms with van der Waals surface area (Å²) in [6.07, 6.45) is 5.00. The van der Waals surface area contributed by atoms with Gasteiger partial charge in [-0.15, -0.1) is 11.3 Å². The van der Waals surface area contributed by atoms with E-state index in [9.17, 15) is 4.79 Å². The number of rotatable bonds is 1. The third-order valence-electron chi connectivity index (χ3n) is 1.68. The first-order valence-electron chi connectivity index (χ1n) is 3.49. The van der Waals surface area contributed by atoms with Gasteiger partial charge in [0, 0.05) is 18.0 Å². The topological polar surface area (TPSA) is 30.0 Å². The minimum absolute atomic E-state index is 0.232. The molecule has 0 fully saturated rings. The summed E-state index contributed by atoms with van der Waals surface area (Å²) >= 11 is 1.59. The number of allylic oxidation sites excluding steroid dienone is 2. The van der Waals surface area contributed by atoms with E-state index in [1.54, 1.807) is 23.6 Å². The van der Waals surface area contributed by atoms with Crippen LogP contribution in [0, 0.1) is 0 Å². The molecule has 0 amide bonds. The number of aromatic nitrogens is 1. The van der Waals surface area contributed by atoms with E-state index in [4.69, 9.17) is 0 Å². The van der Waals surface area contributed by atoms with Crippen LogP contribution in [-0.4, -0.2) is 10.8 Å². The van der Waals surface area contributed by atoms with E-state index in [1.165, 1.54) is 0 Å². The fourth-order valence-corrected chi connectivity index (χ4v) is 1.83. The quantitative estimate of drug-likeness (QED) is 0.636. The number of hydrogen-bond acceptors (Lipinski definition) is 3. The molecule has 0 saturated heterocycles. The molecule has 1 heterocycles. The molecule has 0 radical (unpaired) electrons. The molecule has 0 aromatic carbocycles. The van der Waals surface area contributed by atoms with Crippen molar-refractivity contribution in [3.05, 3.63) is 22.7 Å². The van der Waals surface area contributed by atoms with Crippen LogP contribution in [0.25, 0.3) is 5.57 Å². The first-order valence-corrected chi connectivity index (χ1v) is 4.37. The van der Waals surface area contributed by atoms with Crippen LogP contribution in [0.5, 0.6) is 0 Å². The third kappa shape index (κ3) is 1.24. The standard InChI is InChI=1S/C8H7NOS/c10-7-2-1-6(5-7)8-9-3-4-11-8/h3-5H,1-2H2.